The molecule has 1 amide bonds. The number of nitrogens with two attached hydrogens (primary N) is 1. The second-order valence-electron chi connectivity index (χ2n) is 7.89. The predicted molar refractivity (Wildman–Crippen MR) is 132 cm³/mol. The number of piperazine rings is 1. The van der Waals surface area contributed by atoms with Gasteiger partial charge < -0.3 is 10.6 Å². The SMILES string of the molecule is Nc1ncnc2cc(CN3CCN(C/C=C/c4cc5ccc(Cl)cc5s4)CC3=O)ccc12. The van der Waals surface area contributed by atoms with Crippen molar-refractivity contribution in [2.24, 2.45) is 0 Å². The lowest BCUT2D eigenvalue weighted by Crippen LogP contribution is -2.49. The Kier molecular flexibility index (Phi) is 5.78. The van der Waals surface area contributed by atoms with Crippen molar-refractivity contribution in [1.82, 2.24) is 19.8 Å². The van der Waals surface area contributed by atoms with E-state index in [0.717, 1.165) is 34.6 Å². The zero-order chi connectivity index (χ0) is 22.1. The minimum Gasteiger partial charge on any atom is -0.383 e. The highest BCUT2D eigenvalue weighted by Gasteiger charge is 2.23. The molecule has 0 radical (unpaired) electrons. The maximum absolute atomic E-state index is 12.7. The van der Waals surface area contributed by atoms with E-state index in [9.17, 15) is 4.79 Å². The predicted octanol–water partition coefficient (Wildman–Crippen LogP) is 4.44. The first-order valence-corrected chi connectivity index (χ1v) is 11.6. The molecule has 3 heterocycles. The molecule has 162 valence electrons. The Bertz CT molecular complexity index is 1330. The van der Waals surface area contributed by atoms with Gasteiger partial charge in [0.15, 0.2) is 0 Å². The number of fused-ring (bicyclic) bond motifs is 2. The van der Waals surface area contributed by atoms with Crippen molar-refractivity contribution in [2.45, 2.75) is 6.54 Å². The molecule has 0 spiro atoms. The maximum atomic E-state index is 12.7. The second kappa shape index (κ2) is 8.86. The number of amides is 1. The fourth-order valence-electron chi connectivity index (χ4n) is 3.95. The fourth-order valence-corrected chi connectivity index (χ4v) is 5.22. The molecule has 4 aromatic rings. The monoisotopic (exact) mass is 463 g/mol. The number of hydrogen-bond acceptors (Lipinski definition) is 6. The van der Waals surface area contributed by atoms with Crippen LogP contribution in [0.1, 0.15) is 10.4 Å². The number of thiophene rings is 1. The molecule has 2 aromatic carbocycles. The highest BCUT2D eigenvalue weighted by Crippen LogP contribution is 2.29. The number of carbonyl (C=O) groups is 1. The summed E-state index contributed by atoms with van der Waals surface area (Å²) in [5.74, 6) is 0.613. The number of rotatable bonds is 5. The first-order valence-electron chi connectivity index (χ1n) is 10.4. The zero-order valence-corrected chi connectivity index (χ0v) is 18.9. The Morgan fingerprint density at radius 2 is 2.03 bits per heavy atom. The number of halogens is 1. The molecule has 0 unspecified atom stereocenters. The highest BCUT2D eigenvalue weighted by molar-refractivity contribution is 7.19. The summed E-state index contributed by atoms with van der Waals surface area (Å²) in [7, 11) is 0. The van der Waals surface area contributed by atoms with Gasteiger partial charge in [-0.15, -0.1) is 11.3 Å². The van der Waals surface area contributed by atoms with Crippen LogP contribution in [0.15, 0.2) is 54.9 Å². The van der Waals surface area contributed by atoms with E-state index in [1.54, 1.807) is 11.3 Å². The van der Waals surface area contributed by atoms with Crippen molar-refractivity contribution in [3.05, 3.63) is 70.3 Å². The van der Waals surface area contributed by atoms with E-state index in [4.69, 9.17) is 17.3 Å². The third-order valence-corrected chi connectivity index (χ3v) is 6.95. The van der Waals surface area contributed by atoms with Gasteiger partial charge >= 0.3 is 0 Å². The largest absolute Gasteiger partial charge is 0.383 e. The minimum absolute atomic E-state index is 0.142. The van der Waals surface area contributed by atoms with Gasteiger partial charge in [0.25, 0.3) is 0 Å². The Labute approximate surface area is 194 Å². The average Bonchev–Trinajstić information content (AvgIpc) is 3.17. The van der Waals surface area contributed by atoms with Crippen molar-refractivity contribution < 1.29 is 4.79 Å². The van der Waals surface area contributed by atoms with Crippen LogP contribution < -0.4 is 5.73 Å². The van der Waals surface area contributed by atoms with Crippen LogP contribution in [0.3, 0.4) is 0 Å². The van der Waals surface area contributed by atoms with Crippen LogP contribution in [-0.4, -0.2) is 51.9 Å². The molecule has 32 heavy (non-hydrogen) atoms. The third kappa shape index (κ3) is 4.46. The molecule has 1 saturated heterocycles. The summed E-state index contributed by atoms with van der Waals surface area (Å²) in [6.45, 7) is 3.31. The Balaban J connectivity index is 1.18. The Hall–Kier alpha value is -3.00. The number of nitrogen functional groups attached to an aromatic ring is 1. The summed E-state index contributed by atoms with van der Waals surface area (Å²) < 4.78 is 1.18. The molecule has 2 aromatic heterocycles. The van der Waals surface area contributed by atoms with Crippen LogP contribution in [0.4, 0.5) is 5.82 Å². The topological polar surface area (TPSA) is 75.3 Å². The Morgan fingerprint density at radius 3 is 2.91 bits per heavy atom. The summed E-state index contributed by atoms with van der Waals surface area (Å²) in [4.78, 5) is 26.3. The van der Waals surface area contributed by atoms with Gasteiger partial charge in [0, 0.05) is 46.2 Å². The van der Waals surface area contributed by atoms with E-state index in [-0.39, 0.29) is 5.91 Å². The molecule has 6 nitrogen and oxygen atoms in total. The number of aromatic nitrogens is 2. The van der Waals surface area contributed by atoms with Crippen LogP contribution in [0.2, 0.25) is 5.02 Å². The molecule has 0 aliphatic carbocycles. The molecule has 1 aliphatic rings. The molecular formula is C24H22ClN5OS. The lowest BCUT2D eigenvalue weighted by atomic mass is 10.1. The van der Waals surface area contributed by atoms with Gasteiger partial charge in [0.05, 0.1) is 12.1 Å². The van der Waals surface area contributed by atoms with Gasteiger partial charge in [-0.2, -0.15) is 0 Å². The lowest BCUT2D eigenvalue weighted by molar-refractivity contribution is -0.136. The maximum Gasteiger partial charge on any atom is 0.237 e. The van der Waals surface area contributed by atoms with Crippen molar-refractivity contribution in [3.63, 3.8) is 0 Å². The van der Waals surface area contributed by atoms with Gasteiger partial charge in [-0.1, -0.05) is 29.8 Å². The average molecular weight is 464 g/mol. The second-order valence-corrected chi connectivity index (χ2v) is 9.45. The standard InChI is InChI=1S/C24H22ClN5OS/c25-18-5-4-17-11-19(32-22(17)12-18)2-1-7-29-8-9-30(23(31)14-29)13-16-3-6-20-21(10-16)27-15-28-24(20)26/h1-6,10-12,15H,7-9,13-14H2,(H2,26,27,28)/b2-1+. The van der Waals surface area contributed by atoms with Crippen molar-refractivity contribution in [2.75, 3.05) is 31.9 Å². The molecule has 5 rings (SSSR count). The van der Waals surface area contributed by atoms with Crippen molar-refractivity contribution in [3.8, 4) is 0 Å². The molecule has 8 heteroatoms. The van der Waals surface area contributed by atoms with Crippen LogP contribution in [0.5, 0.6) is 0 Å². The number of benzene rings is 2. The first kappa shape index (κ1) is 20.9. The summed E-state index contributed by atoms with van der Waals surface area (Å²) >= 11 is 7.80. The fraction of sp³-hybridized carbons (Fsp3) is 0.208. The van der Waals surface area contributed by atoms with Crippen molar-refractivity contribution in [1.29, 1.82) is 0 Å². The number of nitrogens with zero attached hydrogens (tertiary/aromatic N) is 4. The van der Waals surface area contributed by atoms with Gasteiger partial charge in [-0.3, -0.25) is 9.69 Å². The molecule has 0 atom stereocenters. The number of carbonyl (C=O) groups excluding carboxylic acids is 1. The Morgan fingerprint density at radius 1 is 1.12 bits per heavy atom. The molecule has 1 fully saturated rings. The van der Waals surface area contributed by atoms with E-state index >= 15 is 0 Å². The number of hydrogen-bond donors (Lipinski definition) is 1. The van der Waals surface area contributed by atoms with Gasteiger partial charge in [0.2, 0.25) is 5.91 Å². The quantitative estimate of drug-likeness (QED) is 0.473. The van der Waals surface area contributed by atoms with Gasteiger partial charge in [0.1, 0.15) is 12.1 Å². The zero-order valence-electron chi connectivity index (χ0n) is 17.4. The van der Waals surface area contributed by atoms with E-state index in [0.29, 0.717) is 25.5 Å². The minimum atomic E-state index is 0.142. The van der Waals surface area contributed by atoms with Gasteiger partial charge in [-0.05, 0) is 47.4 Å². The van der Waals surface area contributed by atoms with Crippen molar-refractivity contribution >= 4 is 61.7 Å². The molecule has 1 aliphatic heterocycles. The van der Waals surface area contributed by atoms with Crippen LogP contribution in [0.25, 0.3) is 27.1 Å². The smallest absolute Gasteiger partial charge is 0.237 e. The van der Waals surface area contributed by atoms with E-state index in [1.165, 1.54) is 21.3 Å². The van der Waals surface area contributed by atoms with Crippen LogP contribution >= 0.6 is 22.9 Å². The van der Waals surface area contributed by atoms with Crippen LogP contribution in [-0.2, 0) is 11.3 Å². The first-order chi connectivity index (χ1) is 15.5. The molecule has 0 bridgehead atoms. The van der Waals surface area contributed by atoms with E-state index in [1.807, 2.05) is 41.3 Å². The summed E-state index contributed by atoms with van der Waals surface area (Å²) in [6.07, 6.45) is 5.72. The van der Waals surface area contributed by atoms with Gasteiger partial charge in [-0.25, -0.2) is 9.97 Å². The van der Waals surface area contributed by atoms with Crippen LogP contribution in [0, 0.1) is 0 Å². The molecule has 2 N–H and O–H groups in total. The summed E-state index contributed by atoms with van der Waals surface area (Å²) in [5.41, 5.74) is 7.74. The number of anilines is 1. The summed E-state index contributed by atoms with van der Waals surface area (Å²) in [5, 5.41) is 2.79. The summed E-state index contributed by atoms with van der Waals surface area (Å²) in [6, 6.07) is 14.0. The normalized spacial score (nSPS) is 15.4. The lowest BCUT2D eigenvalue weighted by Gasteiger charge is -2.33. The molecular weight excluding hydrogens is 442 g/mol. The third-order valence-electron chi connectivity index (χ3n) is 5.65. The molecule has 0 saturated carbocycles. The van der Waals surface area contributed by atoms with E-state index in [2.05, 4.69) is 33.1 Å². The highest BCUT2D eigenvalue weighted by atomic mass is 35.5. The van der Waals surface area contributed by atoms with E-state index < -0.39 is 0 Å².